The first-order chi connectivity index (χ1) is 11.3. The van der Waals surface area contributed by atoms with E-state index in [0.29, 0.717) is 18.8 Å². The van der Waals surface area contributed by atoms with Gasteiger partial charge in [-0.1, -0.05) is 12.1 Å². The van der Waals surface area contributed by atoms with E-state index in [1.165, 1.54) is 6.07 Å². The molecule has 1 unspecified atom stereocenters. The number of rotatable bonds is 4. The lowest BCUT2D eigenvalue weighted by molar-refractivity contribution is 0.0258. The molecule has 5 heteroatoms. The number of furan rings is 1. The van der Waals surface area contributed by atoms with E-state index in [1.807, 2.05) is 36.7 Å². The topological polar surface area (TPSA) is 30.5 Å². The number of nitrogens with zero attached hydrogens (tertiary/aromatic N) is 2. The fourth-order valence-corrected chi connectivity index (χ4v) is 2.95. The minimum atomic E-state index is -0.241. The number of para-hydroxylation sites is 1. The van der Waals surface area contributed by atoms with Gasteiger partial charge < -0.3 is 13.7 Å². The SMILES string of the molecule is Fc1ccccc1-n1ccc(C2OCCN2Cc2ccco2)c1. The molecule has 2 aromatic heterocycles. The molecular formula is C18H17FN2O2. The van der Waals surface area contributed by atoms with Gasteiger partial charge in [0, 0.05) is 24.5 Å². The van der Waals surface area contributed by atoms with Crippen molar-refractivity contribution < 1.29 is 13.5 Å². The monoisotopic (exact) mass is 312 g/mol. The predicted octanol–water partition coefficient (Wildman–Crippen LogP) is 3.74. The van der Waals surface area contributed by atoms with E-state index in [4.69, 9.17) is 9.15 Å². The molecule has 1 aromatic carbocycles. The molecule has 118 valence electrons. The third kappa shape index (κ3) is 2.81. The maximum atomic E-state index is 13.9. The maximum Gasteiger partial charge on any atom is 0.147 e. The fourth-order valence-electron chi connectivity index (χ4n) is 2.95. The summed E-state index contributed by atoms with van der Waals surface area (Å²) in [5.41, 5.74) is 1.55. The zero-order valence-electron chi connectivity index (χ0n) is 12.6. The van der Waals surface area contributed by atoms with Crippen molar-refractivity contribution in [2.75, 3.05) is 13.2 Å². The van der Waals surface area contributed by atoms with Crippen LogP contribution < -0.4 is 0 Å². The molecule has 1 fully saturated rings. The molecule has 0 bridgehead atoms. The summed E-state index contributed by atoms with van der Waals surface area (Å²) in [5, 5.41) is 0. The molecule has 3 heterocycles. The third-order valence-corrected chi connectivity index (χ3v) is 4.06. The van der Waals surface area contributed by atoms with Crippen molar-refractivity contribution in [3.63, 3.8) is 0 Å². The van der Waals surface area contributed by atoms with E-state index < -0.39 is 0 Å². The number of aromatic nitrogens is 1. The highest BCUT2D eigenvalue weighted by molar-refractivity contribution is 5.35. The Bertz CT molecular complexity index is 782. The van der Waals surface area contributed by atoms with Crippen molar-refractivity contribution in [1.82, 2.24) is 9.47 Å². The van der Waals surface area contributed by atoms with E-state index in [2.05, 4.69) is 4.90 Å². The van der Waals surface area contributed by atoms with Crippen LogP contribution in [-0.4, -0.2) is 22.6 Å². The van der Waals surface area contributed by atoms with Gasteiger partial charge in [0.2, 0.25) is 0 Å². The van der Waals surface area contributed by atoms with Gasteiger partial charge in [-0.15, -0.1) is 0 Å². The normalized spacial score (nSPS) is 18.6. The van der Waals surface area contributed by atoms with Crippen LogP contribution in [0.5, 0.6) is 0 Å². The highest BCUT2D eigenvalue weighted by Gasteiger charge is 2.28. The van der Waals surface area contributed by atoms with Crippen LogP contribution in [0.4, 0.5) is 4.39 Å². The molecule has 0 aliphatic carbocycles. The van der Waals surface area contributed by atoms with Crippen LogP contribution in [0.1, 0.15) is 17.6 Å². The second-order valence-corrected chi connectivity index (χ2v) is 5.58. The van der Waals surface area contributed by atoms with Gasteiger partial charge in [0.05, 0.1) is 25.1 Å². The smallest absolute Gasteiger partial charge is 0.147 e. The Hall–Kier alpha value is -2.37. The summed E-state index contributed by atoms with van der Waals surface area (Å²) in [6, 6.07) is 12.6. The third-order valence-electron chi connectivity index (χ3n) is 4.06. The molecule has 1 aliphatic rings. The van der Waals surface area contributed by atoms with E-state index in [1.54, 1.807) is 23.0 Å². The number of hydrogen-bond donors (Lipinski definition) is 0. The van der Waals surface area contributed by atoms with Gasteiger partial charge in [-0.25, -0.2) is 4.39 Å². The molecule has 4 nitrogen and oxygen atoms in total. The van der Waals surface area contributed by atoms with Crippen LogP contribution in [0.25, 0.3) is 5.69 Å². The van der Waals surface area contributed by atoms with Crippen molar-refractivity contribution >= 4 is 0 Å². The second kappa shape index (κ2) is 6.02. The van der Waals surface area contributed by atoms with Gasteiger partial charge in [0.25, 0.3) is 0 Å². The molecule has 1 saturated heterocycles. The Labute approximate surface area is 133 Å². The molecule has 0 saturated carbocycles. The molecule has 1 aliphatic heterocycles. The number of benzene rings is 1. The molecule has 0 spiro atoms. The van der Waals surface area contributed by atoms with Gasteiger partial charge in [0.1, 0.15) is 17.8 Å². The minimum Gasteiger partial charge on any atom is -0.468 e. The Balaban J connectivity index is 1.57. The van der Waals surface area contributed by atoms with Crippen molar-refractivity contribution in [3.05, 3.63) is 78.3 Å². The van der Waals surface area contributed by atoms with E-state index >= 15 is 0 Å². The summed E-state index contributed by atoms with van der Waals surface area (Å²) < 4.78 is 27.0. The van der Waals surface area contributed by atoms with Crippen LogP contribution in [-0.2, 0) is 11.3 Å². The molecule has 0 N–H and O–H groups in total. The summed E-state index contributed by atoms with van der Waals surface area (Å²) in [5.74, 6) is 0.670. The van der Waals surface area contributed by atoms with Crippen LogP contribution in [0.3, 0.4) is 0 Å². The summed E-state index contributed by atoms with van der Waals surface area (Å²) in [6.45, 7) is 2.22. The number of hydrogen-bond acceptors (Lipinski definition) is 3. The number of halogens is 1. The molecule has 0 radical (unpaired) electrons. The van der Waals surface area contributed by atoms with Gasteiger partial charge in [-0.05, 0) is 30.3 Å². The molecule has 23 heavy (non-hydrogen) atoms. The van der Waals surface area contributed by atoms with E-state index in [0.717, 1.165) is 17.9 Å². The lowest BCUT2D eigenvalue weighted by Gasteiger charge is -2.21. The van der Waals surface area contributed by atoms with E-state index in [9.17, 15) is 4.39 Å². The lowest BCUT2D eigenvalue weighted by atomic mass is 10.2. The van der Waals surface area contributed by atoms with E-state index in [-0.39, 0.29) is 12.0 Å². The first-order valence-electron chi connectivity index (χ1n) is 7.62. The summed E-state index contributed by atoms with van der Waals surface area (Å²) in [7, 11) is 0. The Morgan fingerprint density at radius 2 is 2.04 bits per heavy atom. The van der Waals surface area contributed by atoms with Gasteiger partial charge in [-0.2, -0.15) is 0 Å². The zero-order chi connectivity index (χ0) is 15.6. The Morgan fingerprint density at radius 3 is 2.87 bits per heavy atom. The summed E-state index contributed by atoms with van der Waals surface area (Å²) in [4.78, 5) is 2.21. The van der Waals surface area contributed by atoms with Crippen molar-refractivity contribution in [2.45, 2.75) is 12.8 Å². The minimum absolute atomic E-state index is 0.131. The molecule has 4 rings (SSSR count). The Kier molecular flexibility index (Phi) is 3.73. The number of ether oxygens (including phenoxy) is 1. The lowest BCUT2D eigenvalue weighted by Crippen LogP contribution is -2.22. The molecule has 3 aromatic rings. The Morgan fingerprint density at radius 1 is 1.13 bits per heavy atom. The van der Waals surface area contributed by atoms with Crippen LogP contribution in [0.2, 0.25) is 0 Å². The first-order valence-corrected chi connectivity index (χ1v) is 7.62. The van der Waals surface area contributed by atoms with Crippen molar-refractivity contribution in [3.8, 4) is 5.69 Å². The highest BCUT2D eigenvalue weighted by atomic mass is 19.1. The second-order valence-electron chi connectivity index (χ2n) is 5.58. The van der Waals surface area contributed by atoms with Crippen LogP contribution in [0.15, 0.2) is 65.5 Å². The van der Waals surface area contributed by atoms with Gasteiger partial charge in [-0.3, -0.25) is 4.90 Å². The van der Waals surface area contributed by atoms with Crippen LogP contribution in [0, 0.1) is 5.82 Å². The average Bonchev–Trinajstić information content (AvgIpc) is 3.28. The molecule has 1 atom stereocenters. The summed E-state index contributed by atoms with van der Waals surface area (Å²) in [6.07, 6.45) is 5.33. The maximum absolute atomic E-state index is 13.9. The van der Waals surface area contributed by atoms with Crippen LogP contribution >= 0.6 is 0 Å². The average molecular weight is 312 g/mol. The first kappa shape index (κ1) is 14.2. The molecule has 0 amide bonds. The summed E-state index contributed by atoms with van der Waals surface area (Å²) >= 11 is 0. The van der Waals surface area contributed by atoms with Crippen molar-refractivity contribution in [2.24, 2.45) is 0 Å². The zero-order valence-corrected chi connectivity index (χ0v) is 12.6. The van der Waals surface area contributed by atoms with Crippen molar-refractivity contribution in [1.29, 1.82) is 0 Å². The highest BCUT2D eigenvalue weighted by Crippen LogP contribution is 2.29. The fraction of sp³-hybridized carbons (Fsp3) is 0.222. The van der Waals surface area contributed by atoms with Gasteiger partial charge in [0.15, 0.2) is 0 Å². The van der Waals surface area contributed by atoms with Gasteiger partial charge >= 0.3 is 0 Å². The standard InChI is InChI=1S/C18H17FN2O2/c19-16-5-1-2-6-17(16)20-8-7-14(12-20)18-21(9-11-23-18)13-15-4-3-10-22-15/h1-8,10,12,18H,9,11,13H2. The molecular weight excluding hydrogens is 295 g/mol. The quantitative estimate of drug-likeness (QED) is 0.735. The largest absolute Gasteiger partial charge is 0.468 e. The predicted molar refractivity (Wildman–Crippen MR) is 83.5 cm³/mol.